The molecule has 0 aromatic rings. The maximum Gasteiger partial charge on any atom is 0.0113 e. The molecule has 1 N–H and O–H groups in total. The lowest BCUT2D eigenvalue weighted by atomic mass is 9.90. The van der Waals surface area contributed by atoms with Crippen molar-refractivity contribution in [3.63, 3.8) is 0 Å². The molecule has 0 radical (unpaired) electrons. The molecular formula is C12H25N3. The first kappa shape index (κ1) is 11.4. The molecule has 3 heteroatoms. The van der Waals surface area contributed by atoms with Crippen LogP contribution in [0.2, 0.25) is 0 Å². The Morgan fingerprint density at radius 2 is 1.53 bits per heavy atom. The lowest BCUT2D eigenvalue weighted by Crippen LogP contribution is -2.50. The topological polar surface area (TPSA) is 18.5 Å². The highest BCUT2D eigenvalue weighted by atomic mass is 15.3. The van der Waals surface area contributed by atoms with Gasteiger partial charge >= 0.3 is 0 Å². The predicted octanol–water partition coefficient (Wildman–Crippen LogP) is 0.764. The quantitative estimate of drug-likeness (QED) is 0.728. The molecule has 0 bridgehead atoms. The molecule has 1 aliphatic heterocycles. The van der Waals surface area contributed by atoms with E-state index in [1.165, 1.54) is 51.9 Å². The van der Waals surface area contributed by atoms with Gasteiger partial charge in [0.05, 0.1) is 0 Å². The molecule has 88 valence electrons. The Bertz CT molecular complexity index is 179. The van der Waals surface area contributed by atoms with Crippen LogP contribution in [0, 0.1) is 0 Å². The molecule has 1 heterocycles. The molecule has 2 rings (SSSR count). The van der Waals surface area contributed by atoms with Gasteiger partial charge in [-0.1, -0.05) is 0 Å². The molecule has 15 heavy (non-hydrogen) atoms. The van der Waals surface area contributed by atoms with Crippen LogP contribution in [0.4, 0.5) is 0 Å². The molecule has 1 saturated heterocycles. The Labute approximate surface area is 93.8 Å². The van der Waals surface area contributed by atoms with Crippen LogP contribution >= 0.6 is 0 Å². The molecule has 2 aliphatic rings. The van der Waals surface area contributed by atoms with Crippen molar-refractivity contribution in [1.29, 1.82) is 0 Å². The lowest BCUT2D eigenvalue weighted by molar-refractivity contribution is 0.0860. The van der Waals surface area contributed by atoms with E-state index in [0.717, 1.165) is 12.1 Å². The zero-order valence-corrected chi connectivity index (χ0v) is 10.2. The Balaban J connectivity index is 1.75. The van der Waals surface area contributed by atoms with Crippen molar-refractivity contribution in [2.45, 2.75) is 37.8 Å². The molecule has 0 aromatic carbocycles. The summed E-state index contributed by atoms with van der Waals surface area (Å²) >= 11 is 0. The highest BCUT2D eigenvalue weighted by Gasteiger charge is 2.26. The summed E-state index contributed by atoms with van der Waals surface area (Å²) in [5, 5.41) is 3.41. The minimum absolute atomic E-state index is 0.786. The summed E-state index contributed by atoms with van der Waals surface area (Å²) in [6.45, 7) is 5.08. The molecule has 0 unspecified atom stereocenters. The van der Waals surface area contributed by atoms with Gasteiger partial charge in [-0.3, -0.25) is 4.90 Å². The first-order valence-electron chi connectivity index (χ1n) is 6.39. The summed E-state index contributed by atoms with van der Waals surface area (Å²) < 4.78 is 0. The zero-order valence-electron chi connectivity index (χ0n) is 10.2. The third-order valence-corrected chi connectivity index (χ3v) is 4.16. The predicted molar refractivity (Wildman–Crippen MR) is 64.2 cm³/mol. The second-order valence-electron chi connectivity index (χ2n) is 5.13. The average molecular weight is 211 g/mol. The van der Waals surface area contributed by atoms with Gasteiger partial charge in [0.2, 0.25) is 0 Å². The van der Waals surface area contributed by atoms with Gasteiger partial charge < -0.3 is 10.2 Å². The van der Waals surface area contributed by atoms with Crippen LogP contribution < -0.4 is 5.32 Å². The molecule has 1 saturated carbocycles. The monoisotopic (exact) mass is 211 g/mol. The molecular weight excluding hydrogens is 186 g/mol. The summed E-state index contributed by atoms with van der Waals surface area (Å²) in [5.74, 6) is 0. The first-order valence-corrected chi connectivity index (χ1v) is 6.39. The highest BCUT2D eigenvalue weighted by molar-refractivity contribution is 4.84. The van der Waals surface area contributed by atoms with Gasteiger partial charge in [-0.25, -0.2) is 0 Å². The van der Waals surface area contributed by atoms with E-state index in [9.17, 15) is 0 Å². The van der Waals surface area contributed by atoms with Crippen LogP contribution in [0.3, 0.4) is 0 Å². The van der Waals surface area contributed by atoms with Crippen molar-refractivity contribution < 1.29 is 0 Å². The summed E-state index contributed by atoms with van der Waals surface area (Å²) in [5.41, 5.74) is 0. The van der Waals surface area contributed by atoms with Crippen LogP contribution in [0.1, 0.15) is 25.7 Å². The number of piperazine rings is 1. The number of rotatable bonds is 2. The van der Waals surface area contributed by atoms with E-state index < -0.39 is 0 Å². The van der Waals surface area contributed by atoms with Crippen LogP contribution in [-0.4, -0.2) is 62.2 Å². The SMILES string of the molecule is CN[C@H]1CC[C@H](N2CCN(C)CC2)CC1. The van der Waals surface area contributed by atoms with Crippen molar-refractivity contribution in [3.05, 3.63) is 0 Å². The van der Waals surface area contributed by atoms with Crippen LogP contribution in [0.15, 0.2) is 0 Å². The number of nitrogens with zero attached hydrogens (tertiary/aromatic N) is 2. The summed E-state index contributed by atoms with van der Waals surface area (Å²) in [4.78, 5) is 5.15. The number of hydrogen-bond acceptors (Lipinski definition) is 3. The summed E-state index contributed by atoms with van der Waals surface area (Å²) in [7, 11) is 4.33. The number of likely N-dealkylation sites (N-methyl/N-ethyl adjacent to an activating group) is 1. The van der Waals surface area contributed by atoms with E-state index in [-0.39, 0.29) is 0 Å². The minimum Gasteiger partial charge on any atom is -0.317 e. The Morgan fingerprint density at radius 1 is 0.933 bits per heavy atom. The maximum absolute atomic E-state index is 3.41. The van der Waals surface area contributed by atoms with Crippen LogP contribution in [0.5, 0.6) is 0 Å². The van der Waals surface area contributed by atoms with E-state index in [1.807, 2.05) is 0 Å². The molecule has 0 aromatic heterocycles. The fourth-order valence-corrected chi connectivity index (χ4v) is 2.92. The van der Waals surface area contributed by atoms with Crippen LogP contribution in [0.25, 0.3) is 0 Å². The van der Waals surface area contributed by atoms with Gasteiger partial charge in [-0.2, -0.15) is 0 Å². The Hall–Kier alpha value is -0.120. The Kier molecular flexibility index (Phi) is 4.00. The lowest BCUT2D eigenvalue weighted by Gasteiger charge is -2.41. The standard InChI is InChI=1S/C12H25N3/c1-13-11-3-5-12(6-4-11)15-9-7-14(2)8-10-15/h11-13H,3-10H2,1-2H3/t11-,12-. The third kappa shape index (κ3) is 2.92. The smallest absolute Gasteiger partial charge is 0.0113 e. The normalized spacial score (nSPS) is 35.6. The van der Waals surface area contributed by atoms with E-state index >= 15 is 0 Å². The first-order chi connectivity index (χ1) is 7.29. The van der Waals surface area contributed by atoms with Crippen molar-refractivity contribution in [1.82, 2.24) is 15.1 Å². The van der Waals surface area contributed by atoms with E-state index in [4.69, 9.17) is 0 Å². The van der Waals surface area contributed by atoms with Crippen molar-refractivity contribution in [2.75, 3.05) is 40.3 Å². The summed E-state index contributed by atoms with van der Waals surface area (Å²) in [6.07, 6.45) is 5.53. The molecule has 3 nitrogen and oxygen atoms in total. The second-order valence-corrected chi connectivity index (χ2v) is 5.13. The molecule has 2 fully saturated rings. The minimum atomic E-state index is 0.786. The largest absolute Gasteiger partial charge is 0.317 e. The van der Waals surface area contributed by atoms with Crippen molar-refractivity contribution in [3.8, 4) is 0 Å². The fraction of sp³-hybridized carbons (Fsp3) is 1.00. The van der Waals surface area contributed by atoms with Gasteiger partial charge in [0.15, 0.2) is 0 Å². The average Bonchev–Trinajstić information content (AvgIpc) is 2.30. The highest BCUT2D eigenvalue weighted by Crippen LogP contribution is 2.23. The number of nitrogens with one attached hydrogen (secondary N) is 1. The van der Waals surface area contributed by atoms with Crippen molar-refractivity contribution in [2.24, 2.45) is 0 Å². The van der Waals surface area contributed by atoms with E-state index in [0.29, 0.717) is 0 Å². The third-order valence-electron chi connectivity index (χ3n) is 4.16. The Morgan fingerprint density at radius 3 is 2.07 bits per heavy atom. The fourth-order valence-electron chi connectivity index (χ4n) is 2.92. The molecule has 0 spiro atoms. The second kappa shape index (κ2) is 5.28. The molecule has 0 atom stereocenters. The summed E-state index contributed by atoms with van der Waals surface area (Å²) in [6, 6.07) is 1.66. The van der Waals surface area contributed by atoms with Crippen molar-refractivity contribution >= 4 is 0 Å². The van der Waals surface area contributed by atoms with E-state index in [2.05, 4.69) is 29.2 Å². The van der Waals surface area contributed by atoms with E-state index in [1.54, 1.807) is 0 Å². The van der Waals surface area contributed by atoms with Gasteiger partial charge in [-0.15, -0.1) is 0 Å². The van der Waals surface area contributed by atoms with Gasteiger partial charge in [0.1, 0.15) is 0 Å². The maximum atomic E-state index is 3.41. The number of hydrogen-bond donors (Lipinski definition) is 1. The van der Waals surface area contributed by atoms with Gasteiger partial charge in [0, 0.05) is 38.3 Å². The van der Waals surface area contributed by atoms with Gasteiger partial charge in [0.25, 0.3) is 0 Å². The zero-order chi connectivity index (χ0) is 10.7. The molecule has 1 aliphatic carbocycles. The van der Waals surface area contributed by atoms with Gasteiger partial charge in [-0.05, 0) is 39.8 Å². The van der Waals surface area contributed by atoms with Crippen LogP contribution in [-0.2, 0) is 0 Å². The molecule has 0 amide bonds.